The SMILES string of the molecule is COC(=O)[C@H](C)NCc1ccc(O)cc1O. The molecule has 0 unspecified atom stereocenters. The van der Waals surface area contributed by atoms with E-state index in [0.29, 0.717) is 12.1 Å². The minimum Gasteiger partial charge on any atom is -0.508 e. The molecule has 1 rings (SSSR count). The highest BCUT2D eigenvalue weighted by molar-refractivity contribution is 5.75. The smallest absolute Gasteiger partial charge is 0.322 e. The summed E-state index contributed by atoms with van der Waals surface area (Å²) in [4.78, 5) is 11.1. The number of hydrogen-bond donors (Lipinski definition) is 3. The third kappa shape index (κ3) is 3.13. The van der Waals surface area contributed by atoms with Gasteiger partial charge in [-0.05, 0) is 13.0 Å². The third-order valence-corrected chi connectivity index (χ3v) is 2.22. The predicted molar refractivity (Wildman–Crippen MR) is 58.1 cm³/mol. The van der Waals surface area contributed by atoms with Gasteiger partial charge in [0.1, 0.15) is 17.5 Å². The number of phenols is 2. The van der Waals surface area contributed by atoms with Gasteiger partial charge in [0.2, 0.25) is 0 Å². The van der Waals surface area contributed by atoms with Crippen LogP contribution < -0.4 is 5.32 Å². The fraction of sp³-hybridized carbons (Fsp3) is 0.364. The molecule has 88 valence electrons. The lowest BCUT2D eigenvalue weighted by Crippen LogP contribution is -2.34. The van der Waals surface area contributed by atoms with Crippen LogP contribution in [-0.2, 0) is 16.1 Å². The first kappa shape index (κ1) is 12.3. The molecule has 0 amide bonds. The second kappa shape index (κ2) is 5.37. The largest absolute Gasteiger partial charge is 0.508 e. The predicted octanol–water partition coefficient (Wildman–Crippen LogP) is 0.749. The minimum absolute atomic E-state index is 0.00210. The van der Waals surface area contributed by atoms with E-state index in [1.54, 1.807) is 13.0 Å². The van der Waals surface area contributed by atoms with Crippen molar-refractivity contribution in [1.82, 2.24) is 5.32 Å². The van der Waals surface area contributed by atoms with E-state index in [4.69, 9.17) is 5.11 Å². The Morgan fingerprint density at radius 3 is 2.75 bits per heavy atom. The third-order valence-electron chi connectivity index (χ3n) is 2.22. The van der Waals surface area contributed by atoms with Crippen molar-refractivity contribution in [2.24, 2.45) is 0 Å². The van der Waals surface area contributed by atoms with Gasteiger partial charge in [0.15, 0.2) is 0 Å². The molecule has 0 aliphatic carbocycles. The van der Waals surface area contributed by atoms with Crippen LogP contribution in [0.3, 0.4) is 0 Å². The van der Waals surface area contributed by atoms with Crippen molar-refractivity contribution in [3.05, 3.63) is 23.8 Å². The number of hydrogen-bond acceptors (Lipinski definition) is 5. The molecular weight excluding hydrogens is 210 g/mol. The minimum atomic E-state index is -0.446. The maximum Gasteiger partial charge on any atom is 0.322 e. The summed E-state index contributed by atoms with van der Waals surface area (Å²) >= 11 is 0. The number of phenolic OH excluding ortho intramolecular Hbond substituents is 2. The van der Waals surface area contributed by atoms with Crippen molar-refractivity contribution in [3.8, 4) is 11.5 Å². The van der Waals surface area contributed by atoms with Gasteiger partial charge in [-0.15, -0.1) is 0 Å². The maximum absolute atomic E-state index is 11.1. The van der Waals surface area contributed by atoms with Gasteiger partial charge in [0, 0.05) is 18.2 Å². The highest BCUT2D eigenvalue weighted by atomic mass is 16.5. The standard InChI is InChI=1S/C11H15NO4/c1-7(11(15)16-2)12-6-8-3-4-9(13)5-10(8)14/h3-5,7,12-14H,6H2,1-2H3/t7-/m0/s1. The molecule has 0 fully saturated rings. The molecule has 0 spiro atoms. The molecule has 0 radical (unpaired) electrons. The Morgan fingerprint density at radius 2 is 2.19 bits per heavy atom. The summed E-state index contributed by atoms with van der Waals surface area (Å²) < 4.78 is 4.55. The van der Waals surface area contributed by atoms with Crippen molar-refractivity contribution in [2.75, 3.05) is 7.11 Å². The summed E-state index contributed by atoms with van der Waals surface area (Å²) in [5, 5.41) is 21.5. The zero-order valence-electron chi connectivity index (χ0n) is 9.23. The molecule has 0 aromatic heterocycles. The lowest BCUT2D eigenvalue weighted by atomic mass is 10.2. The first-order chi connectivity index (χ1) is 7.54. The second-order valence-corrected chi connectivity index (χ2v) is 3.44. The quantitative estimate of drug-likeness (QED) is 0.659. The number of methoxy groups -OCH3 is 1. The van der Waals surface area contributed by atoms with Gasteiger partial charge in [-0.2, -0.15) is 0 Å². The van der Waals surface area contributed by atoms with E-state index in [1.807, 2.05) is 0 Å². The van der Waals surface area contributed by atoms with Gasteiger partial charge in [0.05, 0.1) is 7.11 Å². The average Bonchev–Trinajstić information content (AvgIpc) is 2.26. The molecule has 16 heavy (non-hydrogen) atoms. The molecule has 1 aromatic rings. The summed E-state index contributed by atoms with van der Waals surface area (Å²) in [6.07, 6.45) is 0. The molecule has 5 nitrogen and oxygen atoms in total. The number of carbonyl (C=O) groups excluding carboxylic acids is 1. The number of nitrogens with one attached hydrogen (secondary N) is 1. The van der Waals surface area contributed by atoms with E-state index in [9.17, 15) is 9.90 Å². The van der Waals surface area contributed by atoms with Crippen LogP contribution in [0.4, 0.5) is 0 Å². The Hall–Kier alpha value is -1.75. The Morgan fingerprint density at radius 1 is 1.50 bits per heavy atom. The molecule has 0 saturated heterocycles. The number of rotatable bonds is 4. The molecule has 1 aromatic carbocycles. The van der Waals surface area contributed by atoms with Crippen molar-refractivity contribution >= 4 is 5.97 Å². The monoisotopic (exact) mass is 225 g/mol. The van der Waals surface area contributed by atoms with Gasteiger partial charge in [-0.1, -0.05) is 6.07 Å². The number of aromatic hydroxyl groups is 2. The molecule has 3 N–H and O–H groups in total. The lowest BCUT2D eigenvalue weighted by Gasteiger charge is -2.12. The molecule has 0 saturated carbocycles. The summed E-state index contributed by atoms with van der Waals surface area (Å²) in [5.41, 5.74) is 0.605. The van der Waals surface area contributed by atoms with Crippen LogP contribution in [0.5, 0.6) is 11.5 Å². The van der Waals surface area contributed by atoms with E-state index in [0.717, 1.165) is 0 Å². The molecule has 0 heterocycles. The molecule has 0 aliphatic rings. The summed E-state index contributed by atoms with van der Waals surface area (Å²) in [6.45, 7) is 1.99. The van der Waals surface area contributed by atoms with Crippen LogP contribution in [0.15, 0.2) is 18.2 Å². The van der Waals surface area contributed by atoms with Gasteiger partial charge in [-0.3, -0.25) is 4.79 Å². The zero-order valence-corrected chi connectivity index (χ0v) is 9.23. The Balaban J connectivity index is 2.58. The van der Waals surface area contributed by atoms with Crippen LogP contribution in [-0.4, -0.2) is 29.3 Å². The van der Waals surface area contributed by atoms with Crippen molar-refractivity contribution in [3.63, 3.8) is 0 Å². The van der Waals surface area contributed by atoms with Crippen molar-refractivity contribution < 1.29 is 19.7 Å². The summed E-state index contributed by atoms with van der Waals surface area (Å²) in [5.74, 6) is -0.370. The molecule has 0 bridgehead atoms. The summed E-state index contributed by atoms with van der Waals surface area (Å²) in [6, 6.07) is 3.86. The Kier molecular flexibility index (Phi) is 4.13. The van der Waals surface area contributed by atoms with Gasteiger partial charge >= 0.3 is 5.97 Å². The van der Waals surface area contributed by atoms with E-state index < -0.39 is 6.04 Å². The first-order valence-corrected chi connectivity index (χ1v) is 4.86. The second-order valence-electron chi connectivity index (χ2n) is 3.44. The number of ether oxygens (including phenoxy) is 1. The van der Waals surface area contributed by atoms with E-state index >= 15 is 0 Å². The van der Waals surface area contributed by atoms with Crippen LogP contribution >= 0.6 is 0 Å². The molecular formula is C11H15NO4. The van der Waals surface area contributed by atoms with Crippen molar-refractivity contribution in [2.45, 2.75) is 19.5 Å². The number of carbonyl (C=O) groups is 1. The van der Waals surface area contributed by atoms with E-state index in [-0.39, 0.29) is 17.5 Å². The van der Waals surface area contributed by atoms with Crippen LogP contribution in [0, 0.1) is 0 Å². The fourth-order valence-electron chi connectivity index (χ4n) is 1.22. The Bertz CT molecular complexity index is 378. The fourth-order valence-corrected chi connectivity index (χ4v) is 1.22. The number of esters is 1. The summed E-state index contributed by atoms with van der Waals surface area (Å²) in [7, 11) is 1.32. The maximum atomic E-state index is 11.1. The molecule has 0 aliphatic heterocycles. The topological polar surface area (TPSA) is 78.8 Å². The van der Waals surface area contributed by atoms with Crippen molar-refractivity contribution in [1.29, 1.82) is 0 Å². The van der Waals surface area contributed by atoms with E-state index in [2.05, 4.69) is 10.1 Å². The first-order valence-electron chi connectivity index (χ1n) is 4.86. The molecule has 1 atom stereocenters. The van der Waals surface area contributed by atoms with Crippen LogP contribution in [0.1, 0.15) is 12.5 Å². The number of benzene rings is 1. The van der Waals surface area contributed by atoms with E-state index in [1.165, 1.54) is 19.2 Å². The van der Waals surface area contributed by atoms with Crippen LogP contribution in [0.25, 0.3) is 0 Å². The molecule has 5 heteroatoms. The highest BCUT2D eigenvalue weighted by Gasteiger charge is 2.12. The Labute approximate surface area is 93.7 Å². The highest BCUT2D eigenvalue weighted by Crippen LogP contribution is 2.22. The lowest BCUT2D eigenvalue weighted by molar-refractivity contribution is -0.142. The van der Waals surface area contributed by atoms with Gasteiger partial charge in [-0.25, -0.2) is 0 Å². The van der Waals surface area contributed by atoms with Crippen LogP contribution in [0.2, 0.25) is 0 Å². The average molecular weight is 225 g/mol. The van der Waals surface area contributed by atoms with Gasteiger partial charge in [0.25, 0.3) is 0 Å². The zero-order chi connectivity index (χ0) is 12.1. The van der Waals surface area contributed by atoms with Gasteiger partial charge < -0.3 is 20.3 Å². The normalized spacial score (nSPS) is 12.1.